The van der Waals surface area contributed by atoms with E-state index in [2.05, 4.69) is 4.98 Å². The highest BCUT2D eigenvalue weighted by atomic mass is 19.4. The van der Waals surface area contributed by atoms with E-state index in [1.165, 1.54) is 24.3 Å². The summed E-state index contributed by atoms with van der Waals surface area (Å²) in [5.41, 5.74) is 1.93. The molecule has 1 aromatic heterocycles. The molecule has 0 saturated carbocycles. The van der Waals surface area contributed by atoms with Gasteiger partial charge in [-0.15, -0.1) is 0 Å². The zero-order valence-electron chi connectivity index (χ0n) is 24.8. The highest BCUT2D eigenvalue weighted by molar-refractivity contribution is 5.92. The molecule has 1 atom stereocenters. The number of carbonyl (C=O) groups excluding carboxylic acids is 2. The summed E-state index contributed by atoms with van der Waals surface area (Å²) in [7, 11) is 1.96. The summed E-state index contributed by atoms with van der Waals surface area (Å²) in [5, 5.41) is 0. The smallest absolute Gasteiger partial charge is 0.416 e. The van der Waals surface area contributed by atoms with Crippen molar-refractivity contribution in [1.29, 1.82) is 0 Å². The van der Waals surface area contributed by atoms with Crippen LogP contribution in [0, 0.1) is 0 Å². The van der Waals surface area contributed by atoms with Crippen LogP contribution in [-0.4, -0.2) is 58.6 Å². The van der Waals surface area contributed by atoms with E-state index in [1.54, 1.807) is 22.2 Å². The van der Waals surface area contributed by atoms with Gasteiger partial charge in [-0.1, -0.05) is 24.3 Å². The van der Waals surface area contributed by atoms with Gasteiger partial charge in [0.2, 0.25) is 5.91 Å². The number of aromatic nitrogens is 1. The fourth-order valence-electron chi connectivity index (χ4n) is 4.87. The lowest BCUT2D eigenvalue weighted by Gasteiger charge is -2.39. The Bertz CT molecular complexity index is 1400. The number of carbonyl (C=O) groups is 2. The van der Waals surface area contributed by atoms with E-state index in [1.807, 2.05) is 69.1 Å². The number of piperidine rings is 1. The summed E-state index contributed by atoms with van der Waals surface area (Å²) in [6, 6.07) is 16.1. The number of hydrogen-bond acceptors (Lipinski definition) is 5. The van der Waals surface area contributed by atoms with Crippen LogP contribution in [0.5, 0.6) is 0 Å². The molecular formula is C33H37F3N4O3. The first-order valence-electron chi connectivity index (χ1n) is 14.2. The number of alkyl halides is 3. The third-order valence-electron chi connectivity index (χ3n) is 7.16. The molecule has 2 heterocycles. The van der Waals surface area contributed by atoms with Crippen LogP contribution < -0.4 is 4.90 Å². The predicted molar refractivity (Wildman–Crippen MR) is 161 cm³/mol. The molecule has 1 fully saturated rings. The summed E-state index contributed by atoms with van der Waals surface area (Å²) in [5.74, 6) is -0.297. The summed E-state index contributed by atoms with van der Waals surface area (Å²) in [6.45, 7) is 6.57. The number of halogens is 3. The highest BCUT2D eigenvalue weighted by Crippen LogP contribution is 2.29. The summed E-state index contributed by atoms with van der Waals surface area (Å²) < 4.78 is 44.5. The zero-order chi connectivity index (χ0) is 31.2. The Hall–Kier alpha value is -4.34. The number of pyridine rings is 1. The van der Waals surface area contributed by atoms with Crippen LogP contribution in [0.25, 0.3) is 6.08 Å². The number of benzene rings is 2. The molecular weight excluding hydrogens is 557 g/mol. The monoisotopic (exact) mass is 594 g/mol. The molecule has 0 bridgehead atoms. The van der Waals surface area contributed by atoms with Gasteiger partial charge in [0.25, 0.3) is 0 Å². The number of rotatable bonds is 7. The largest absolute Gasteiger partial charge is 0.444 e. The molecule has 3 aromatic rings. The second kappa shape index (κ2) is 13.3. The molecule has 0 unspecified atom stereocenters. The first kappa shape index (κ1) is 31.6. The van der Waals surface area contributed by atoms with Gasteiger partial charge in [0.15, 0.2) is 0 Å². The number of amides is 2. The number of hydrogen-bond donors (Lipinski definition) is 0. The lowest BCUT2D eigenvalue weighted by Crippen LogP contribution is -2.52. The Morgan fingerprint density at radius 3 is 2.21 bits per heavy atom. The number of ether oxygens (including phenoxy) is 1. The summed E-state index contributed by atoms with van der Waals surface area (Å²) >= 11 is 0. The molecule has 7 nitrogen and oxygen atoms in total. The molecule has 43 heavy (non-hydrogen) atoms. The molecule has 0 spiro atoms. The van der Waals surface area contributed by atoms with Crippen LogP contribution in [0.15, 0.2) is 79.1 Å². The Kier molecular flexibility index (Phi) is 9.78. The van der Waals surface area contributed by atoms with Gasteiger partial charge in [0.05, 0.1) is 11.6 Å². The first-order valence-corrected chi connectivity index (χ1v) is 14.2. The second-order valence-corrected chi connectivity index (χ2v) is 11.6. The summed E-state index contributed by atoms with van der Waals surface area (Å²) in [4.78, 5) is 35.9. The molecule has 1 saturated heterocycles. The van der Waals surface area contributed by atoms with E-state index >= 15 is 0 Å². The van der Waals surface area contributed by atoms with Gasteiger partial charge in [-0.3, -0.25) is 9.78 Å². The minimum absolute atomic E-state index is 0.273. The quantitative estimate of drug-likeness (QED) is 0.269. The van der Waals surface area contributed by atoms with Crippen LogP contribution in [0.4, 0.5) is 29.3 Å². The second-order valence-electron chi connectivity index (χ2n) is 11.6. The van der Waals surface area contributed by atoms with E-state index in [9.17, 15) is 22.8 Å². The van der Waals surface area contributed by atoms with Crippen LogP contribution >= 0.6 is 0 Å². The van der Waals surface area contributed by atoms with Crippen LogP contribution in [0.1, 0.15) is 50.3 Å². The minimum Gasteiger partial charge on any atom is -0.444 e. The minimum atomic E-state index is -4.43. The molecule has 2 amide bonds. The van der Waals surface area contributed by atoms with E-state index in [-0.39, 0.29) is 11.9 Å². The Morgan fingerprint density at radius 2 is 1.60 bits per heavy atom. The van der Waals surface area contributed by atoms with Crippen molar-refractivity contribution < 1.29 is 27.5 Å². The van der Waals surface area contributed by atoms with E-state index in [4.69, 9.17) is 4.74 Å². The average Bonchev–Trinajstić information content (AvgIpc) is 2.98. The van der Waals surface area contributed by atoms with Crippen LogP contribution in [-0.2, 0) is 22.3 Å². The SMILES string of the molecule is CN(c1ccncc1)c1ccc(CN(C(=O)/C=C/c2ccc(C(F)(F)F)cc2)[C@H]2CCCN(C(=O)OC(C)(C)C)C2)cc1. The maximum absolute atomic E-state index is 13.6. The highest BCUT2D eigenvalue weighted by Gasteiger charge is 2.32. The van der Waals surface area contributed by atoms with E-state index in [0.29, 0.717) is 38.0 Å². The van der Waals surface area contributed by atoms with Gasteiger partial charge in [-0.05, 0) is 87.2 Å². The van der Waals surface area contributed by atoms with Crippen molar-refractivity contribution in [2.45, 2.75) is 58.0 Å². The van der Waals surface area contributed by atoms with Crippen molar-refractivity contribution >= 4 is 29.5 Å². The topological polar surface area (TPSA) is 66.0 Å². The van der Waals surface area contributed by atoms with Gasteiger partial charge in [-0.25, -0.2) is 4.79 Å². The van der Waals surface area contributed by atoms with Gasteiger partial charge in [0.1, 0.15) is 5.60 Å². The fourth-order valence-corrected chi connectivity index (χ4v) is 4.87. The van der Waals surface area contributed by atoms with Crippen molar-refractivity contribution in [1.82, 2.24) is 14.8 Å². The maximum atomic E-state index is 13.6. The lowest BCUT2D eigenvalue weighted by molar-refractivity contribution is -0.137. The van der Waals surface area contributed by atoms with Gasteiger partial charge in [-0.2, -0.15) is 13.2 Å². The molecule has 2 aromatic carbocycles. The van der Waals surface area contributed by atoms with E-state index in [0.717, 1.165) is 29.1 Å². The van der Waals surface area contributed by atoms with Crippen molar-refractivity contribution in [3.63, 3.8) is 0 Å². The Labute approximate surface area is 250 Å². The standard InChI is InChI=1S/C33H37F3N4O3/c1-32(2,3)43-31(42)39-21-5-6-29(23-39)40(30(41)16-11-24-7-12-26(13-8-24)33(34,35)36)22-25-9-14-27(15-10-25)38(4)28-17-19-37-20-18-28/h7-20,29H,5-6,21-23H2,1-4H3/b16-11+/t29-/m0/s1. The van der Waals surface area contributed by atoms with Crippen LogP contribution in [0.2, 0.25) is 0 Å². The molecule has 4 rings (SSSR count). The fraction of sp³-hybridized carbons (Fsp3) is 0.364. The third kappa shape index (κ3) is 8.83. The van der Waals surface area contributed by atoms with Gasteiger partial charge in [0, 0.05) is 56.5 Å². The van der Waals surface area contributed by atoms with Crippen molar-refractivity contribution in [3.8, 4) is 0 Å². The van der Waals surface area contributed by atoms with Gasteiger partial charge >= 0.3 is 12.3 Å². The number of anilines is 2. The maximum Gasteiger partial charge on any atom is 0.416 e. The molecule has 0 radical (unpaired) electrons. The Balaban J connectivity index is 1.54. The zero-order valence-corrected chi connectivity index (χ0v) is 24.8. The van der Waals surface area contributed by atoms with Crippen molar-refractivity contribution in [2.75, 3.05) is 25.0 Å². The molecule has 0 aliphatic carbocycles. The number of nitrogens with zero attached hydrogens (tertiary/aromatic N) is 4. The predicted octanol–water partition coefficient (Wildman–Crippen LogP) is 7.31. The van der Waals surface area contributed by atoms with Gasteiger partial charge < -0.3 is 19.4 Å². The Morgan fingerprint density at radius 1 is 0.977 bits per heavy atom. The molecule has 228 valence electrons. The normalized spacial score (nSPS) is 15.8. The average molecular weight is 595 g/mol. The van der Waals surface area contributed by atoms with E-state index < -0.39 is 23.4 Å². The summed E-state index contributed by atoms with van der Waals surface area (Å²) in [6.07, 6.45) is 2.89. The molecule has 0 N–H and O–H groups in total. The van der Waals surface area contributed by atoms with Crippen molar-refractivity contribution in [3.05, 3.63) is 95.8 Å². The number of likely N-dealkylation sites (tertiary alicyclic amines) is 1. The molecule has 10 heteroatoms. The molecule has 1 aliphatic heterocycles. The lowest BCUT2D eigenvalue weighted by atomic mass is 10.0. The van der Waals surface area contributed by atoms with Crippen LogP contribution in [0.3, 0.4) is 0 Å². The van der Waals surface area contributed by atoms with Crippen molar-refractivity contribution in [2.24, 2.45) is 0 Å². The first-order chi connectivity index (χ1) is 20.3. The molecule has 1 aliphatic rings. The third-order valence-corrected chi connectivity index (χ3v) is 7.16.